The third kappa shape index (κ3) is 2.35. The molecule has 10 heavy (non-hydrogen) atoms. The number of carboxylic acid groups (broad SMARTS) is 1. The first-order valence-electron chi connectivity index (χ1n) is 3.53. The summed E-state index contributed by atoms with van der Waals surface area (Å²) in [5.41, 5.74) is 0. The number of rotatable bonds is 4. The Balaban J connectivity index is 3.92. The molecule has 2 N–H and O–H groups in total. The highest BCUT2D eigenvalue weighted by Crippen LogP contribution is 2.06. The lowest BCUT2D eigenvalue weighted by Gasteiger charge is -2.16. The minimum atomic E-state index is -0.767. The van der Waals surface area contributed by atoms with Crippen LogP contribution in [0.2, 0.25) is 0 Å². The van der Waals surface area contributed by atoms with Crippen LogP contribution in [-0.4, -0.2) is 24.2 Å². The van der Waals surface area contributed by atoms with Gasteiger partial charge in [-0.15, -0.1) is 0 Å². The maximum absolute atomic E-state index is 10.5. The Bertz CT molecular complexity index is 114. The first-order chi connectivity index (χ1) is 4.63. The van der Waals surface area contributed by atoms with Crippen molar-refractivity contribution in [1.29, 1.82) is 0 Å². The van der Waals surface area contributed by atoms with Crippen LogP contribution >= 0.6 is 0 Å². The number of likely N-dealkylation sites (N-methyl/N-ethyl adjacent to an activating group) is 1. The predicted molar refractivity (Wildman–Crippen MR) is 39.9 cm³/mol. The summed E-state index contributed by atoms with van der Waals surface area (Å²) in [5.74, 6) is -0.570. The molecule has 0 heterocycles. The van der Waals surface area contributed by atoms with Crippen LogP contribution in [0.3, 0.4) is 0 Å². The van der Waals surface area contributed by atoms with Gasteiger partial charge in [0, 0.05) is 0 Å². The maximum atomic E-state index is 10.5. The van der Waals surface area contributed by atoms with Crippen molar-refractivity contribution in [1.82, 2.24) is 5.32 Å². The van der Waals surface area contributed by atoms with Crippen molar-refractivity contribution in [2.24, 2.45) is 5.92 Å². The van der Waals surface area contributed by atoms with E-state index in [-0.39, 0.29) is 5.92 Å². The molecule has 0 aromatic heterocycles. The van der Waals surface area contributed by atoms with E-state index in [4.69, 9.17) is 5.11 Å². The predicted octanol–water partition coefficient (Wildman–Crippen LogP) is 0.705. The average molecular weight is 145 g/mol. The maximum Gasteiger partial charge on any atom is 0.320 e. The summed E-state index contributed by atoms with van der Waals surface area (Å²) in [7, 11) is 1.67. The molecule has 0 aromatic rings. The first kappa shape index (κ1) is 9.43. The topological polar surface area (TPSA) is 49.3 Å². The van der Waals surface area contributed by atoms with E-state index in [9.17, 15) is 4.79 Å². The van der Waals surface area contributed by atoms with E-state index in [0.717, 1.165) is 6.42 Å². The Kier molecular flexibility index (Phi) is 4.03. The van der Waals surface area contributed by atoms with E-state index in [1.165, 1.54) is 0 Å². The Morgan fingerprint density at radius 3 is 2.30 bits per heavy atom. The molecule has 0 aromatic carbocycles. The molecule has 2 atom stereocenters. The second-order valence-electron chi connectivity index (χ2n) is 2.49. The fourth-order valence-electron chi connectivity index (χ4n) is 0.887. The minimum Gasteiger partial charge on any atom is -0.480 e. The van der Waals surface area contributed by atoms with Crippen molar-refractivity contribution < 1.29 is 9.90 Å². The van der Waals surface area contributed by atoms with E-state index in [1.807, 2.05) is 13.8 Å². The van der Waals surface area contributed by atoms with Crippen LogP contribution in [0.15, 0.2) is 0 Å². The lowest BCUT2D eigenvalue weighted by atomic mass is 10.00. The molecule has 0 radical (unpaired) electrons. The fourth-order valence-corrected chi connectivity index (χ4v) is 0.887. The summed E-state index contributed by atoms with van der Waals surface area (Å²) in [6.45, 7) is 3.91. The number of carboxylic acids is 1. The minimum absolute atomic E-state index is 0.197. The molecule has 0 rings (SSSR count). The summed E-state index contributed by atoms with van der Waals surface area (Å²) in [6, 6.07) is -0.398. The van der Waals surface area contributed by atoms with Crippen molar-refractivity contribution in [3.8, 4) is 0 Å². The SMILES string of the molecule is CC[C@@H](C)C(NC)C(=O)O. The van der Waals surface area contributed by atoms with Gasteiger partial charge in [-0.2, -0.15) is 0 Å². The zero-order chi connectivity index (χ0) is 8.15. The van der Waals surface area contributed by atoms with Crippen LogP contribution in [0.1, 0.15) is 20.3 Å². The molecule has 0 saturated carbocycles. The summed E-state index contributed by atoms with van der Waals surface area (Å²) in [5, 5.41) is 11.4. The summed E-state index contributed by atoms with van der Waals surface area (Å²) >= 11 is 0. The fraction of sp³-hybridized carbons (Fsp3) is 0.857. The Hall–Kier alpha value is -0.570. The Labute approximate surface area is 61.4 Å². The van der Waals surface area contributed by atoms with E-state index in [0.29, 0.717) is 0 Å². The normalized spacial score (nSPS) is 16.3. The van der Waals surface area contributed by atoms with Crippen molar-refractivity contribution in [3.63, 3.8) is 0 Å². The largest absolute Gasteiger partial charge is 0.480 e. The number of hydrogen-bond acceptors (Lipinski definition) is 2. The van der Waals surface area contributed by atoms with Gasteiger partial charge in [-0.25, -0.2) is 0 Å². The van der Waals surface area contributed by atoms with Crippen molar-refractivity contribution in [2.75, 3.05) is 7.05 Å². The molecular formula is C7H15NO2. The average Bonchev–Trinajstić information content (AvgIpc) is 1.88. The number of nitrogens with one attached hydrogen (secondary N) is 1. The highest BCUT2D eigenvalue weighted by Gasteiger charge is 2.20. The second kappa shape index (κ2) is 4.28. The van der Waals surface area contributed by atoms with Crippen LogP contribution < -0.4 is 5.32 Å². The van der Waals surface area contributed by atoms with Gasteiger partial charge in [-0.1, -0.05) is 20.3 Å². The molecule has 0 aliphatic carbocycles. The van der Waals surface area contributed by atoms with E-state index < -0.39 is 12.0 Å². The van der Waals surface area contributed by atoms with Crippen LogP contribution in [-0.2, 0) is 4.79 Å². The zero-order valence-electron chi connectivity index (χ0n) is 6.72. The van der Waals surface area contributed by atoms with E-state index in [1.54, 1.807) is 7.05 Å². The van der Waals surface area contributed by atoms with Crippen molar-refractivity contribution in [2.45, 2.75) is 26.3 Å². The van der Waals surface area contributed by atoms with Gasteiger partial charge in [0.15, 0.2) is 0 Å². The van der Waals surface area contributed by atoms with Gasteiger partial charge in [0.05, 0.1) is 0 Å². The van der Waals surface area contributed by atoms with Gasteiger partial charge in [-0.05, 0) is 13.0 Å². The highest BCUT2D eigenvalue weighted by molar-refractivity contribution is 5.73. The lowest BCUT2D eigenvalue weighted by Crippen LogP contribution is -2.39. The van der Waals surface area contributed by atoms with E-state index >= 15 is 0 Å². The molecule has 0 amide bonds. The number of carbonyl (C=O) groups is 1. The van der Waals surface area contributed by atoms with Crippen LogP contribution in [0, 0.1) is 5.92 Å². The van der Waals surface area contributed by atoms with Gasteiger partial charge < -0.3 is 10.4 Å². The molecule has 0 saturated heterocycles. The Morgan fingerprint density at radius 2 is 2.20 bits per heavy atom. The van der Waals surface area contributed by atoms with E-state index in [2.05, 4.69) is 5.32 Å². The molecule has 0 aliphatic rings. The van der Waals surface area contributed by atoms with Crippen LogP contribution in [0.4, 0.5) is 0 Å². The first-order valence-corrected chi connectivity index (χ1v) is 3.53. The van der Waals surface area contributed by atoms with Gasteiger partial charge in [-0.3, -0.25) is 4.79 Å². The summed E-state index contributed by atoms with van der Waals surface area (Å²) in [6.07, 6.45) is 0.887. The standard InChI is InChI=1S/C7H15NO2/c1-4-5(2)6(8-3)7(9)10/h5-6,8H,4H2,1-3H3,(H,9,10)/t5-,6?/m1/s1. The molecule has 3 heteroatoms. The monoisotopic (exact) mass is 145 g/mol. The quantitative estimate of drug-likeness (QED) is 0.612. The molecule has 0 fully saturated rings. The highest BCUT2D eigenvalue weighted by atomic mass is 16.4. The number of aliphatic carboxylic acids is 1. The van der Waals surface area contributed by atoms with Gasteiger partial charge in [0.2, 0.25) is 0 Å². The van der Waals surface area contributed by atoms with Crippen LogP contribution in [0.25, 0.3) is 0 Å². The molecule has 0 spiro atoms. The second-order valence-corrected chi connectivity index (χ2v) is 2.49. The van der Waals surface area contributed by atoms with Gasteiger partial charge >= 0.3 is 5.97 Å². The Morgan fingerprint density at radius 1 is 1.70 bits per heavy atom. The summed E-state index contributed by atoms with van der Waals surface area (Å²) in [4.78, 5) is 10.5. The van der Waals surface area contributed by atoms with Crippen LogP contribution in [0.5, 0.6) is 0 Å². The van der Waals surface area contributed by atoms with Gasteiger partial charge in [0.25, 0.3) is 0 Å². The third-order valence-corrected chi connectivity index (χ3v) is 1.79. The molecule has 3 nitrogen and oxygen atoms in total. The number of hydrogen-bond donors (Lipinski definition) is 2. The molecule has 1 unspecified atom stereocenters. The molecule has 60 valence electrons. The lowest BCUT2D eigenvalue weighted by molar-refractivity contribution is -0.140. The van der Waals surface area contributed by atoms with Crippen molar-refractivity contribution in [3.05, 3.63) is 0 Å². The summed E-state index contributed by atoms with van der Waals surface area (Å²) < 4.78 is 0. The molecular weight excluding hydrogens is 130 g/mol. The van der Waals surface area contributed by atoms with Crippen molar-refractivity contribution >= 4 is 5.97 Å². The van der Waals surface area contributed by atoms with Gasteiger partial charge in [0.1, 0.15) is 6.04 Å². The smallest absolute Gasteiger partial charge is 0.320 e. The third-order valence-electron chi connectivity index (χ3n) is 1.79. The molecule has 0 bridgehead atoms. The molecule has 0 aliphatic heterocycles. The zero-order valence-corrected chi connectivity index (χ0v) is 6.72.